The summed E-state index contributed by atoms with van der Waals surface area (Å²) in [5, 5.41) is 65.5. The van der Waals surface area contributed by atoms with Crippen LogP contribution in [0.4, 0.5) is 0 Å². The number of hydrogen-bond acceptors (Lipinski definition) is 15. The van der Waals surface area contributed by atoms with Crippen LogP contribution in [0.25, 0.3) is 0 Å². The van der Waals surface area contributed by atoms with E-state index in [0.717, 1.165) is 18.2 Å². The third kappa shape index (κ3) is 8.21. The first-order valence-electron chi connectivity index (χ1n) is 17.3. The van der Waals surface area contributed by atoms with Gasteiger partial charge < -0.3 is 60.8 Å². The summed E-state index contributed by atoms with van der Waals surface area (Å²) in [7, 11) is 0. The number of nitrogens with one attached hydrogen (secondary N) is 3. The Morgan fingerprint density at radius 1 is 0.439 bits per heavy atom. The van der Waals surface area contributed by atoms with Gasteiger partial charge in [-0.25, -0.2) is 0 Å². The first-order chi connectivity index (χ1) is 27.2. The summed E-state index contributed by atoms with van der Waals surface area (Å²) in [6.07, 6.45) is -3.06. The molecule has 0 spiro atoms. The number of ketones is 3. The van der Waals surface area contributed by atoms with Crippen molar-refractivity contribution in [3.63, 3.8) is 0 Å². The average Bonchev–Trinajstić information content (AvgIpc) is 4.04. The number of aromatic hydroxyl groups is 3. The molecule has 3 unspecified atom stereocenters. The van der Waals surface area contributed by atoms with Crippen LogP contribution in [0.15, 0.2) is 108 Å². The number of aliphatic hydroxyl groups excluding tert-OH is 3. The molecular weight excluding hydrogens is 750 g/mol. The minimum Gasteiger partial charge on any atom is -0.507 e. The number of rotatable bonds is 6. The van der Waals surface area contributed by atoms with E-state index in [1.54, 1.807) is 36.4 Å². The molecule has 3 heterocycles. The number of epoxide rings is 3. The van der Waals surface area contributed by atoms with Gasteiger partial charge in [-0.3, -0.25) is 28.8 Å². The second kappa shape index (κ2) is 15.5. The Morgan fingerprint density at radius 3 is 0.930 bits per heavy atom. The lowest BCUT2D eigenvalue weighted by Gasteiger charge is -2.17. The van der Waals surface area contributed by atoms with Crippen molar-refractivity contribution >= 4 is 35.1 Å². The Balaban J connectivity index is 0.000000131. The van der Waals surface area contributed by atoms with E-state index in [9.17, 15) is 59.4 Å². The van der Waals surface area contributed by atoms with Gasteiger partial charge in [-0.15, -0.1) is 0 Å². The quantitative estimate of drug-likeness (QED) is 0.138. The monoisotopic (exact) mass is 783 g/mol. The molecule has 3 aliphatic heterocycles. The van der Waals surface area contributed by atoms with Crippen LogP contribution in [0.5, 0.6) is 17.2 Å². The summed E-state index contributed by atoms with van der Waals surface area (Å²) in [5.41, 5.74) is 0.497. The van der Waals surface area contributed by atoms with E-state index >= 15 is 0 Å². The average molecular weight is 784 g/mol. The lowest BCUT2D eigenvalue weighted by molar-refractivity contribution is -0.116. The highest BCUT2D eigenvalue weighted by Crippen LogP contribution is 2.36. The molecule has 9 rings (SSSR count). The van der Waals surface area contributed by atoms with E-state index in [1.807, 2.05) is 0 Å². The summed E-state index contributed by atoms with van der Waals surface area (Å²) in [6.45, 7) is 0. The fraction of sp³-hybridized carbons (Fsp3) is 0.231. The van der Waals surface area contributed by atoms with Crippen molar-refractivity contribution in [2.24, 2.45) is 0 Å². The predicted octanol–water partition coefficient (Wildman–Crippen LogP) is -0.849. The fourth-order valence-electron chi connectivity index (χ4n) is 6.19. The van der Waals surface area contributed by atoms with Crippen LogP contribution in [0.1, 0.15) is 31.1 Å². The Labute approximate surface area is 321 Å². The third-order valence-electron chi connectivity index (χ3n) is 9.42. The van der Waals surface area contributed by atoms with Crippen LogP contribution in [-0.2, 0) is 28.6 Å². The number of amides is 3. The molecule has 57 heavy (non-hydrogen) atoms. The summed E-state index contributed by atoms with van der Waals surface area (Å²) in [5.74, 6) is -3.09. The first-order valence-corrected chi connectivity index (χ1v) is 17.3. The molecule has 0 bridgehead atoms. The normalized spacial score (nSPS) is 28.4. The Morgan fingerprint density at radius 2 is 0.684 bits per heavy atom. The number of phenolic OH excluding ortho intramolecular Hbond substituents is 3. The zero-order chi connectivity index (χ0) is 40.7. The van der Waals surface area contributed by atoms with E-state index in [0.29, 0.717) is 0 Å². The number of fused-ring (bicyclic) bond motifs is 3. The van der Waals surface area contributed by atoms with E-state index in [1.165, 1.54) is 36.4 Å². The van der Waals surface area contributed by atoms with Gasteiger partial charge in [0.2, 0.25) is 0 Å². The first kappa shape index (κ1) is 38.7. The number of benzene rings is 3. The number of para-hydroxylation sites is 3. The van der Waals surface area contributed by atoms with Gasteiger partial charge in [-0.05, 0) is 36.4 Å². The van der Waals surface area contributed by atoms with Gasteiger partial charge in [0.15, 0.2) is 17.3 Å². The molecular formula is C39H33N3O15. The largest absolute Gasteiger partial charge is 0.507 e. The Bertz CT molecular complexity index is 2030. The molecule has 0 radical (unpaired) electrons. The summed E-state index contributed by atoms with van der Waals surface area (Å²) in [6, 6.07) is 18.1. The predicted molar refractivity (Wildman–Crippen MR) is 190 cm³/mol. The Hall–Kier alpha value is -6.54. The summed E-state index contributed by atoms with van der Waals surface area (Å²) in [4.78, 5) is 70.2. The molecule has 3 amide bonds. The molecule has 18 heteroatoms. The number of aliphatic hydroxyl groups is 3. The highest BCUT2D eigenvalue weighted by atomic mass is 16.6. The van der Waals surface area contributed by atoms with Crippen LogP contribution in [-0.4, -0.2) is 121 Å². The number of phenols is 3. The van der Waals surface area contributed by atoms with Gasteiger partial charge in [0, 0.05) is 18.2 Å². The molecule has 9 atom stereocenters. The molecule has 3 fully saturated rings. The van der Waals surface area contributed by atoms with Crippen molar-refractivity contribution in [2.75, 3.05) is 0 Å². The van der Waals surface area contributed by atoms with Crippen molar-refractivity contribution in [3.8, 4) is 17.2 Å². The lowest BCUT2D eigenvalue weighted by Crippen LogP contribution is -2.37. The topological polar surface area (TPSA) is 297 Å². The number of carbonyl (C=O) groups is 6. The number of ether oxygens (including phenoxy) is 3. The standard InChI is InChI=1S/3C13H11NO5/c3*15-8-4-2-1-3-6(8)13(18)14-7-5-9(16)11-12(19-11)10(7)17/h3*1-5,10-12,15,17H,(H,14,18)/t2*10-,11+,12-;/m10./s1. The molecule has 6 aliphatic rings. The minimum atomic E-state index is -1.03. The molecule has 3 aliphatic carbocycles. The zero-order valence-electron chi connectivity index (χ0n) is 29.2. The Kier molecular flexibility index (Phi) is 10.6. The van der Waals surface area contributed by atoms with Crippen molar-refractivity contribution in [2.45, 2.75) is 54.9 Å². The van der Waals surface area contributed by atoms with Gasteiger partial charge in [-0.1, -0.05) is 36.4 Å². The van der Waals surface area contributed by atoms with Crippen LogP contribution in [0.3, 0.4) is 0 Å². The maximum Gasteiger partial charge on any atom is 0.259 e. The van der Waals surface area contributed by atoms with Crippen LogP contribution in [0, 0.1) is 0 Å². The summed E-state index contributed by atoms with van der Waals surface area (Å²) >= 11 is 0. The van der Waals surface area contributed by atoms with Gasteiger partial charge in [0.25, 0.3) is 17.7 Å². The third-order valence-corrected chi connectivity index (χ3v) is 9.42. The summed E-state index contributed by atoms with van der Waals surface area (Å²) < 4.78 is 15.0. The van der Waals surface area contributed by atoms with E-state index in [2.05, 4.69) is 16.0 Å². The maximum atomic E-state index is 11.9. The maximum absolute atomic E-state index is 11.9. The SMILES string of the molecule is O=C(NC1=CC(=O)C2OC2C1O)c1ccccc1O.O=C(NC1=CC(=O)[C@@H]2O[C@@H]2[C@@H]1O)c1ccccc1O.O=C(NC1=CC(=O)[C@H]2O[C@H]2[C@H]1O)c1ccccc1O. The van der Waals surface area contributed by atoms with Gasteiger partial charge in [-0.2, -0.15) is 0 Å². The molecule has 9 N–H and O–H groups in total. The molecule has 3 aromatic rings. The van der Waals surface area contributed by atoms with Crippen molar-refractivity contribution in [1.82, 2.24) is 16.0 Å². The van der Waals surface area contributed by atoms with E-state index in [4.69, 9.17) is 14.2 Å². The van der Waals surface area contributed by atoms with Crippen molar-refractivity contribution < 1.29 is 73.6 Å². The fourth-order valence-corrected chi connectivity index (χ4v) is 6.19. The minimum absolute atomic E-state index is 0.0712. The van der Waals surface area contributed by atoms with E-state index in [-0.39, 0.29) is 68.4 Å². The second-order valence-corrected chi connectivity index (χ2v) is 13.3. The second-order valence-electron chi connectivity index (χ2n) is 13.3. The highest BCUT2D eigenvalue weighted by Gasteiger charge is 2.55. The smallest absolute Gasteiger partial charge is 0.259 e. The molecule has 3 saturated heterocycles. The van der Waals surface area contributed by atoms with Gasteiger partial charge in [0.1, 0.15) is 72.2 Å². The van der Waals surface area contributed by atoms with E-state index < -0.39 is 72.7 Å². The molecule has 3 aromatic carbocycles. The van der Waals surface area contributed by atoms with Crippen molar-refractivity contribution in [1.29, 1.82) is 0 Å². The van der Waals surface area contributed by atoms with Crippen LogP contribution >= 0.6 is 0 Å². The molecule has 294 valence electrons. The van der Waals surface area contributed by atoms with Gasteiger partial charge in [0.05, 0.1) is 33.8 Å². The zero-order valence-corrected chi connectivity index (χ0v) is 29.2. The number of hydrogen-bond donors (Lipinski definition) is 9. The molecule has 18 nitrogen and oxygen atoms in total. The highest BCUT2D eigenvalue weighted by molar-refractivity contribution is 6.03. The van der Waals surface area contributed by atoms with Crippen LogP contribution < -0.4 is 16.0 Å². The lowest BCUT2D eigenvalue weighted by atomic mass is 10.0. The number of carbonyl (C=O) groups excluding carboxylic acids is 6. The van der Waals surface area contributed by atoms with Crippen molar-refractivity contribution in [3.05, 3.63) is 125 Å². The molecule has 0 aromatic heterocycles. The molecule has 0 saturated carbocycles. The van der Waals surface area contributed by atoms with Crippen LogP contribution in [0.2, 0.25) is 0 Å². The van der Waals surface area contributed by atoms with Gasteiger partial charge >= 0.3 is 0 Å².